The Morgan fingerprint density at radius 2 is 2.00 bits per heavy atom. The summed E-state index contributed by atoms with van der Waals surface area (Å²) >= 11 is 0. The number of aromatic nitrogens is 2. The van der Waals surface area contributed by atoms with Gasteiger partial charge in [0, 0.05) is 5.69 Å². The van der Waals surface area contributed by atoms with Crippen LogP contribution >= 0.6 is 0 Å². The number of nitrogens with zero attached hydrogens (tertiary/aromatic N) is 2. The SMILES string of the molecule is CCc1cc(C(=O)NN2C(=O)NC(C)(c3ccccc3)C2=O)n[nH]1. The van der Waals surface area contributed by atoms with Crippen molar-refractivity contribution in [3.8, 4) is 0 Å². The Bertz CT molecular complexity index is 801. The number of aryl methyl sites for hydroxylation is 1. The highest BCUT2D eigenvalue weighted by atomic mass is 16.2. The minimum absolute atomic E-state index is 0.112. The van der Waals surface area contributed by atoms with Crippen LogP contribution < -0.4 is 10.7 Å². The average Bonchev–Trinajstić information content (AvgIpc) is 3.15. The summed E-state index contributed by atoms with van der Waals surface area (Å²) in [4.78, 5) is 37.0. The molecule has 1 aliphatic rings. The molecule has 8 nitrogen and oxygen atoms in total. The van der Waals surface area contributed by atoms with Gasteiger partial charge in [-0.3, -0.25) is 20.1 Å². The van der Waals surface area contributed by atoms with Gasteiger partial charge in [0.1, 0.15) is 5.54 Å². The van der Waals surface area contributed by atoms with E-state index in [1.54, 1.807) is 37.3 Å². The Hall–Kier alpha value is -3.16. The zero-order valence-corrected chi connectivity index (χ0v) is 13.3. The molecule has 0 saturated carbocycles. The lowest BCUT2D eigenvalue weighted by molar-refractivity contribution is -0.132. The molecule has 0 bridgehead atoms. The number of imide groups is 1. The van der Waals surface area contributed by atoms with Gasteiger partial charge in [-0.1, -0.05) is 37.3 Å². The topological polar surface area (TPSA) is 107 Å². The van der Waals surface area contributed by atoms with Gasteiger partial charge < -0.3 is 5.32 Å². The van der Waals surface area contributed by atoms with Crippen LogP contribution in [0.4, 0.5) is 4.79 Å². The number of carbonyl (C=O) groups excluding carboxylic acids is 3. The molecule has 1 fully saturated rings. The van der Waals surface area contributed by atoms with E-state index in [0.29, 0.717) is 17.0 Å². The zero-order valence-electron chi connectivity index (χ0n) is 13.3. The normalized spacial score (nSPS) is 20.2. The first kappa shape index (κ1) is 15.7. The fraction of sp³-hybridized carbons (Fsp3) is 0.250. The van der Waals surface area contributed by atoms with E-state index in [0.717, 1.165) is 5.69 Å². The van der Waals surface area contributed by atoms with E-state index >= 15 is 0 Å². The van der Waals surface area contributed by atoms with Gasteiger partial charge in [-0.05, 0) is 25.0 Å². The van der Waals surface area contributed by atoms with Crippen molar-refractivity contribution >= 4 is 17.8 Å². The van der Waals surface area contributed by atoms with Crippen LogP contribution in [0.2, 0.25) is 0 Å². The summed E-state index contributed by atoms with van der Waals surface area (Å²) in [5, 5.41) is 9.88. The van der Waals surface area contributed by atoms with Crippen molar-refractivity contribution < 1.29 is 14.4 Å². The number of hydrogen-bond donors (Lipinski definition) is 3. The van der Waals surface area contributed by atoms with Crippen LogP contribution in [0.25, 0.3) is 0 Å². The highest BCUT2D eigenvalue weighted by molar-refractivity contribution is 6.09. The maximum absolute atomic E-state index is 12.7. The van der Waals surface area contributed by atoms with E-state index in [9.17, 15) is 14.4 Å². The van der Waals surface area contributed by atoms with Crippen molar-refractivity contribution in [2.45, 2.75) is 25.8 Å². The van der Waals surface area contributed by atoms with E-state index in [1.807, 2.05) is 13.0 Å². The van der Waals surface area contributed by atoms with Crippen molar-refractivity contribution in [2.75, 3.05) is 0 Å². The number of carbonyl (C=O) groups is 3. The van der Waals surface area contributed by atoms with Gasteiger partial charge in [-0.2, -0.15) is 10.1 Å². The molecule has 2 heterocycles. The van der Waals surface area contributed by atoms with Gasteiger partial charge in [0.15, 0.2) is 5.69 Å². The van der Waals surface area contributed by atoms with Crippen molar-refractivity contribution in [3.63, 3.8) is 0 Å². The number of H-pyrrole nitrogens is 1. The molecule has 1 aromatic carbocycles. The van der Waals surface area contributed by atoms with Crippen LogP contribution in [0.1, 0.15) is 35.6 Å². The summed E-state index contributed by atoms with van der Waals surface area (Å²) in [7, 11) is 0. The summed E-state index contributed by atoms with van der Waals surface area (Å²) in [6.07, 6.45) is 0.690. The van der Waals surface area contributed by atoms with E-state index in [-0.39, 0.29) is 5.69 Å². The van der Waals surface area contributed by atoms with E-state index in [4.69, 9.17) is 0 Å². The van der Waals surface area contributed by atoms with Crippen LogP contribution in [0.5, 0.6) is 0 Å². The van der Waals surface area contributed by atoms with E-state index in [1.165, 1.54) is 0 Å². The minimum Gasteiger partial charge on any atom is -0.318 e. The summed E-state index contributed by atoms with van der Waals surface area (Å²) in [5.41, 5.74) is 2.61. The number of nitrogens with one attached hydrogen (secondary N) is 3. The van der Waals surface area contributed by atoms with Crippen LogP contribution in [0, 0.1) is 0 Å². The van der Waals surface area contributed by atoms with Crippen molar-refractivity contribution in [1.82, 2.24) is 25.9 Å². The largest absolute Gasteiger partial charge is 0.344 e. The summed E-state index contributed by atoms with van der Waals surface area (Å²) in [6.45, 7) is 3.51. The van der Waals surface area contributed by atoms with Gasteiger partial charge in [0.05, 0.1) is 0 Å². The number of rotatable bonds is 4. The highest BCUT2D eigenvalue weighted by Crippen LogP contribution is 2.27. The van der Waals surface area contributed by atoms with Crippen molar-refractivity contribution in [1.29, 1.82) is 0 Å². The molecule has 3 N–H and O–H groups in total. The predicted octanol–water partition coefficient (Wildman–Crippen LogP) is 1.08. The average molecular weight is 327 g/mol. The third-order valence-corrected chi connectivity index (χ3v) is 4.00. The quantitative estimate of drug-likeness (QED) is 0.730. The van der Waals surface area contributed by atoms with Crippen LogP contribution in [0.3, 0.4) is 0 Å². The van der Waals surface area contributed by atoms with Crippen LogP contribution in [-0.4, -0.2) is 33.1 Å². The summed E-state index contributed by atoms with van der Waals surface area (Å²) in [5.74, 6) is -1.19. The monoisotopic (exact) mass is 327 g/mol. The first-order chi connectivity index (χ1) is 11.5. The number of urea groups is 1. The maximum atomic E-state index is 12.7. The molecule has 3 rings (SSSR count). The molecule has 4 amide bonds. The second-order valence-corrected chi connectivity index (χ2v) is 5.63. The third-order valence-electron chi connectivity index (χ3n) is 4.00. The van der Waals surface area contributed by atoms with E-state index in [2.05, 4.69) is 20.9 Å². The molecule has 8 heteroatoms. The Labute approximate surface area is 138 Å². The van der Waals surface area contributed by atoms with Crippen molar-refractivity contribution in [2.24, 2.45) is 0 Å². The van der Waals surface area contributed by atoms with Gasteiger partial charge >= 0.3 is 6.03 Å². The molecule has 124 valence electrons. The lowest BCUT2D eigenvalue weighted by Crippen LogP contribution is -2.48. The Morgan fingerprint density at radius 3 is 2.62 bits per heavy atom. The molecule has 1 aliphatic heterocycles. The Balaban J connectivity index is 1.81. The molecule has 0 radical (unpaired) electrons. The predicted molar refractivity (Wildman–Crippen MR) is 84.6 cm³/mol. The van der Waals surface area contributed by atoms with Crippen LogP contribution in [0.15, 0.2) is 36.4 Å². The van der Waals surface area contributed by atoms with Gasteiger partial charge in [-0.25, -0.2) is 4.79 Å². The maximum Gasteiger partial charge on any atom is 0.344 e. The number of hydrogen-bond acceptors (Lipinski definition) is 4. The molecular formula is C16H17N5O3. The molecular weight excluding hydrogens is 310 g/mol. The number of hydrazine groups is 1. The molecule has 1 aromatic heterocycles. The molecule has 24 heavy (non-hydrogen) atoms. The second kappa shape index (κ2) is 5.80. The van der Waals surface area contributed by atoms with Crippen molar-refractivity contribution in [3.05, 3.63) is 53.3 Å². The molecule has 1 atom stereocenters. The second-order valence-electron chi connectivity index (χ2n) is 5.63. The highest BCUT2D eigenvalue weighted by Gasteiger charge is 2.50. The lowest BCUT2D eigenvalue weighted by Gasteiger charge is -2.21. The number of aromatic amines is 1. The molecule has 2 aromatic rings. The molecule has 0 aliphatic carbocycles. The first-order valence-corrected chi connectivity index (χ1v) is 7.53. The number of amides is 4. The lowest BCUT2D eigenvalue weighted by atomic mass is 9.92. The zero-order chi connectivity index (χ0) is 17.3. The smallest absolute Gasteiger partial charge is 0.318 e. The molecule has 1 unspecified atom stereocenters. The summed E-state index contributed by atoms with van der Waals surface area (Å²) in [6, 6.07) is 9.73. The fourth-order valence-corrected chi connectivity index (χ4v) is 2.53. The van der Waals surface area contributed by atoms with Crippen LogP contribution in [-0.2, 0) is 16.8 Å². The standard InChI is InChI=1S/C16H17N5O3/c1-3-11-9-12(19-18-11)13(22)20-21-14(23)16(2,17-15(21)24)10-7-5-4-6-8-10/h4-9H,3H2,1-2H3,(H,17,24)(H,18,19)(H,20,22). The Kier molecular flexibility index (Phi) is 3.80. The van der Waals surface area contributed by atoms with Gasteiger partial charge in [0.2, 0.25) is 0 Å². The Morgan fingerprint density at radius 1 is 1.29 bits per heavy atom. The number of benzene rings is 1. The summed E-state index contributed by atoms with van der Waals surface area (Å²) < 4.78 is 0. The fourth-order valence-electron chi connectivity index (χ4n) is 2.53. The van der Waals surface area contributed by atoms with E-state index < -0.39 is 23.4 Å². The van der Waals surface area contributed by atoms with Gasteiger partial charge in [-0.15, -0.1) is 0 Å². The van der Waals surface area contributed by atoms with Gasteiger partial charge in [0.25, 0.3) is 11.8 Å². The first-order valence-electron chi connectivity index (χ1n) is 7.53. The minimum atomic E-state index is -1.23. The third kappa shape index (κ3) is 2.51. The molecule has 1 saturated heterocycles. The molecule has 0 spiro atoms.